The summed E-state index contributed by atoms with van der Waals surface area (Å²) in [4.78, 5) is 0. The standard InChI is InChI=1S/IO2P/c1-3-4-2. The van der Waals surface area contributed by atoms with Gasteiger partial charge in [-0.2, -0.15) is 0 Å². The molecule has 4 heavy (non-hydrogen) atoms. The zero-order valence-corrected chi connectivity index (χ0v) is 4.69. The smallest absolute Gasteiger partial charge is 0.240 e. The van der Waals surface area contributed by atoms with Crippen molar-refractivity contribution in [3.8, 4) is 0 Å². The maximum atomic E-state index is 9.04. The SMILES string of the molecule is O=POI. The summed E-state index contributed by atoms with van der Waals surface area (Å²) in [6, 6.07) is 0. The molecule has 0 aliphatic carbocycles. The molecule has 0 aliphatic rings. The summed E-state index contributed by atoms with van der Waals surface area (Å²) in [5.41, 5.74) is 0. The molecule has 0 unspecified atom stereocenters. The summed E-state index contributed by atoms with van der Waals surface area (Å²) in [6.45, 7) is 0. The van der Waals surface area contributed by atoms with Gasteiger partial charge in [0.05, 0.1) is 0 Å². The largest absolute Gasteiger partial charge is 0.337 e. The molecular formula is IO2P. The molecule has 24 valence electrons. The summed E-state index contributed by atoms with van der Waals surface area (Å²) >= 11 is 1.53. The van der Waals surface area contributed by atoms with Gasteiger partial charge in [0.1, 0.15) is 23.0 Å². The van der Waals surface area contributed by atoms with E-state index in [0.717, 1.165) is 0 Å². The van der Waals surface area contributed by atoms with E-state index in [0.29, 0.717) is 0 Å². The first-order chi connectivity index (χ1) is 1.91. The van der Waals surface area contributed by atoms with Crippen molar-refractivity contribution in [1.29, 1.82) is 0 Å². The molecule has 0 aromatic carbocycles. The van der Waals surface area contributed by atoms with Gasteiger partial charge in [0.2, 0.25) is 0 Å². The zero-order valence-electron chi connectivity index (χ0n) is 1.64. The summed E-state index contributed by atoms with van der Waals surface area (Å²) in [7, 11) is -0.265. The van der Waals surface area contributed by atoms with Crippen molar-refractivity contribution in [3.05, 3.63) is 0 Å². The monoisotopic (exact) mass is 190 g/mol. The average molecular weight is 190 g/mol. The summed E-state index contributed by atoms with van der Waals surface area (Å²) in [5, 5.41) is 0. The molecule has 0 rings (SSSR count). The molecule has 0 N–H and O–H groups in total. The fourth-order valence-corrected chi connectivity index (χ4v) is 0. The van der Waals surface area contributed by atoms with Crippen molar-refractivity contribution in [2.24, 2.45) is 0 Å². The van der Waals surface area contributed by atoms with Gasteiger partial charge >= 0.3 is 8.69 Å². The summed E-state index contributed by atoms with van der Waals surface area (Å²) in [6.07, 6.45) is 0. The first-order valence-electron chi connectivity index (χ1n) is 0.519. The third kappa shape index (κ3) is 2.79. The van der Waals surface area contributed by atoms with Gasteiger partial charge in [0.15, 0.2) is 0 Å². The van der Waals surface area contributed by atoms with Gasteiger partial charge in [0, 0.05) is 0 Å². The van der Waals surface area contributed by atoms with Crippen LogP contribution >= 0.6 is 31.7 Å². The molecule has 0 amide bonds. The van der Waals surface area contributed by atoms with Crippen molar-refractivity contribution >= 4 is 31.7 Å². The predicted octanol–water partition coefficient (Wildman–Crippen LogP) is 1.56. The zero-order chi connectivity index (χ0) is 3.41. The minimum Gasteiger partial charge on any atom is -0.240 e. The van der Waals surface area contributed by atoms with Crippen LogP contribution in [0.25, 0.3) is 0 Å². The van der Waals surface area contributed by atoms with Gasteiger partial charge in [-0.05, 0) is 0 Å². The molecule has 0 saturated carbocycles. The van der Waals surface area contributed by atoms with Crippen LogP contribution in [0.4, 0.5) is 0 Å². The van der Waals surface area contributed by atoms with Crippen LogP contribution in [0, 0.1) is 0 Å². The van der Waals surface area contributed by atoms with E-state index in [9.17, 15) is 0 Å². The van der Waals surface area contributed by atoms with Crippen LogP contribution in [-0.2, 0) is 7.42 Å². The lowest BCUT2D eigenvalue weighted by Crippen LogP contribution is -1.18. The highest BCUT2D eigenvalue weighted by Gasteiger charge is 1.55. The Bertz CT molecular complexity index is 20.0. The number of hydrogen-bond donors (Lipinski definition) is 0. The highest BCUT2D eigenvalue weighted by molar-refractivity contribution is 14.1. The highest BCUT2D eigenvalue weighted by atomic mass is 127. The molecule has 0 heterocycles. The van der Waals surface area contributed by atoms with Crippen LogP contribution in [0.2, 0.25) is 0 Å². The van der Waals surface area contributed by atoms with Crippen LogP contribution in [0.15, 0.2) is 0 Å². The van der Waals surface area contributed by atoms with Crippen molar-refractivity contribution in [3.63, 3.8) is 0 Å². The molecule has 0 saturated heterocycles. The lowest BCUT2D eigenvalue weighted by molar-refractivity contribution is 0.566. The maximum Gasteiger partial charge on any atom is 0.337 e. The predicted molar refractivity (Wildman–Crippen MR) is 22.7 cm³/mol. The van der Waals surface area contributed by atoms with Crippen LogP contribution in [-0.4, -0.2) is 0 Å². The number of halogens is 1. The van der Waals surface area contributed by atoms with Crippen molar-refractivity contribution in [1.82, 2.24) is 0 Å². The minimum atomic E-state index is -0.265. The van der Waals surface area contributed by atoms with Crippen LogP contribution in [0.3, 0.4) is 0 Å². The molecule has 4 heteroatoms. The fraction of sp³-hybridized carbons (Fsp3) is 0. The molecule has 2 nitrogen and oxygen atoms in total. The first-order valence-corrected chi connectivity index (χ1v) is 2.13. The molecule has 0 aliphatic heterocycles. The third-order valence-electron chi connectivity index (χ3n) is 0.0282. The van der Waals surface area contributed by atoms with E-state index >= 15 is 0 Å². The second-order valence-corrected chi connectivity index (χ2v) is 1.61. The highest BCUT2D eigenvalue weighted by Crippen LogP contribution is 1.98. The molecule has 0 fully saturated rings. The second-order valence-electron chi connectivity index (χ2n) is 0.144. The Kier molecular flexibility index (Phi) is 4.54. The maximum absolute atomic E-state index is 9.04. The van der Waals surface area contributed by atoms with Crippen molar-refractivity contribution in [2.75, 3.05) is 0 Å². The lowest BCUT2D eigenvalue weighted by Gasteiger charge is -1.52. The number of rotatable bonds is 1. The lowest BCUT2D eigenvalue weighted by atomic mass is 15.9. The normalized spacial score (nSPS) is 8.25. The van der Waals surface area contributed by atoms with Crippen LogP contribution in [0.5, 0.6) is 0 Å². The van der Waals surface area contributed by atoms with Crippen molar-refractivity contribution < 1.29 is 7.42 Å². The second kappa shape index (κ2) is 3.79. The number of hydrogen-bond acceptors (Lipinski definition) is 2. The topological polar surface area (TPSA) is 26.3 Å². The van der Waals surface area contributed by atoms with Crippen LogP contribution in [0.1, 0.15) is 0 Å². The Labute approximate surface area is 39.5 Å². The van der Waals surface area contributed by atoms with Gasteiger partial charge < -0.3 is 0 Å². The van der Waals surface area contributed by atoms with E-state index in [2.05, 4.69) is 2.85 Å². The van der Waals surface area contributed by atoms with E-state index in [1.165, 1.54) is 23.0 Å². The summed E-state index contributed by atoms with van der Waals surface area (Å²) < 4.78 is 13.0. The molecule has 0 atom stereocenters. The molecular weight excluding hydrogens is 190 g/mol. The Morgan fingerprint density at radius 2 is 2.25 bits per heavy atom. The van der Waals surface area contributed by atoms with Gasteiger partial charge in [-0.1, -0.05) is 0 Å². The molecule has 0 aromatic rings. The fourth-order valence-electron chi connectivity index (χ4n) is 0. The Morgan fingerprint density at radius 1 is 2.00 bits per heavy atom. The van der Waals surface area contributed by atoms with E-state index in [4.69, 9.17) is 4.57 Å². The molecule has 0 radical (unpaired) electrons. The molecule has 0 spiro atoms. The van der Waals surface area contributed by atoms with Gasteiger partial charge in [-0.3, -0.25) is 0 Å². The minimum absolute atomic E-state index is 0.265. The third-order valence-corrected chi connectivity index (χ3v) is 0.567. The van der Waals surface area contributed by atoms with Gasteiger partial charge in [-0.15, -0.1) is 0 Å². The molecule has 0 bridgehead atoms. The van der Waals surface area contributed by atoms with Crippen molar-refractivity contribution in [2.45, 2.75) is 0 Å². The summed E-state index contributed by atoms with van der Waals surface area (Å²) in [5.74, 6) is 0. The van der Waals surface area contributed by atoms with Crippen LogP contribution < -0.4 is 0 Å². The Balaban J connectivity index is 2.30. The average Bonchev–Trinajstić information content (AvgIpc) is 1.37. The Morgan fingerprint density at radius 3 is 2.25 bits per heavy atom. The van der Waals surface area contributed by atoms with Gasteiger partial charge in [0.25, 0.3) is 0 Å². The van der Waals surface area contributed by atoms with Gasteiger partial charge in [-0.25, -0.2) is 7.42 Å². The van der Waals surface area contributed by atoms with E-state index in [-0.39, 0.29) is 8.69 Å². The Hall–Kier alpha value is 0.790. The van der Waals surface area contributed by atoms with E-state index < -0.39 is 0 Å². The van der Waals surface area contributed by atoms with E-state index in [1.54, 1.807) is 0 Å². The quantitative estimate of drug-likeness (QED) is 0.463. The van der Waals surface area contributed by atoms with E-state index in [1.807, 2.05) is 0 Å². The molecule has 0 aromatic heterocycles. The first kappa shape index (κ1) is 4.79.